The van der Waals surface area contributed by atoms with Crippen LogP contribution in [0.2, 0.25) is 0 Å². The summed E-state index contributed by atoms with van der Waals surface area (Å²) in [7, 11) is 0. The van der Waals surface area contributed by atoms with Gasteiger partial charge in [0.05, 0.1) is 12.3 Å². The molecule has 0 unspecified atom stereocenters. The zero-order valence-corrected chi connectivity index (χ0v) is 8.89. The van der Waals surface area contributed by atoms with Crippen molar-refractivity contribution in [2.45, 2.75) is 13.8 Å². The molecule has 0 amide bonds. The maximum atomic E-state index is 11.4. The van der Waals surface area contributed by atoms with Gasteiger partial charge in [-0.15, -0.1) is 0 Å². The van der Waals surface area contributed by atoms with Crippen LogP contribution in [-0.2, 0) is 4.74 Å². The first-order valence-electron chi connectivity index (χ1n) is 4.77. The summed E-state index contributed by atoms with van der Waals surface area (Å²) in [6, 6.07) is 1.60. The molecule has 2 heterocycles. The number of aromatic nitrogens is 2. The Labute approximate surface area is 91.2 Å². The number of rotatable bonds is 3. The van der Waals surface area contributed by atoms with E-state index in [0.717, 1.165) is 0 Å². The molecule has 0 aliphatic rings. The normalized spacial score (nSPS) is 10.4. The van der Waals surface area contributed by atoms with Gasteiger partial charge in [0.2, 0.25) is 11.7 Å². The lowest BCUT2D eigenvalue weighted by Gasteiger charge is -1.96. The largest absolute Gasteiger partial charge is 0.460 e. The van der Waals surface area contributed by atoms with E-state index in [1.807, 2.05) is 0 Å². The SMILES string of the molecule is CCOC(=O)c1oc(-c2ccon2)nc1C. The standard InChI is InChI=1S/C10H10N2O4/c1-3-14-10(13)8-6(2)11-9(16-8)7-4-5-15-12-7/h4-5H,3H2,1-2H3. The maximum Gasteiger partial charge on any atom is 0.376 e. The van der Waals surface area contributed by atoms with Crippen LogP contribution in [0.1, 0.15) is 23.2 Å². The van der Waals surface area contributed by atoms with Gasteiger partial charge in [-0.3, -0.25) is 0 Å². The van der Waals surface area contributed by atoms with Gasteiger partial charge in [0.1, 0.15) is 6.26 Å². The number of hydrogen-bond donors (Lipinski definition) is 0. The monoisotopic (exact) mass is 222 g/mol. The third kappa shape index (κ3) is 1.81. The lowest BCUT2D eigenvalue weighted by molar-refractivity contribution is 0.0490. The van der Waals surface area contributed by atoms with Crippen molar-refractivity contribution < 1.29 is 18.5 Å². The average Bonchev–Trinajstić information content (AvgIpc) is 2.86. The second-order valence-corrected chi connectivity index (χ2v) is 3.04. The molecule has 0 radical (unpaired) electrons. The van der Waals surface area contributed by atoms with E-state index in [1.165, 1.54) is 6.26 Å². The summed E-state index contributed by atoms with van der Waals surface area (Å²) < 4.78 is 14.7. The fraction of sp³-hybridized carbons (Fsp3) is 0.300. The molecule has 84 valence electrons. The minimum atomic E-state index is -0.526. The van der Waals surface area contributed by atoms with Gasteiger partial charge in [-0.1, -0.05) is 5.16 Å². The minimum Gasteiger partial charge on any atom is -0.460 e. The Kier molecular flexibility index (Phi) is 2.72. The van der Waals surface area contributed by atoms with Crippen molar-refractivity contribution in [3.63, 3.8) is 0 Å². The van der Waals surface area contributed by atoms with Crippen LogP contribution < -0.4 is 0 Å². The van der Waals surface area contributed by atoms with E-state index in [9.17, 15) is 4.79 Å². The van der Waals surface area contributed by atoms with E-state index in [-0.39, 0.29) is 18.3 Å². The van der Waals surface area contributed by atoms with Gasteiger partial charge in [0, 0.05) is 6.07 Å². The molecule has 16 heavy (non-hydrogen) atoms. The highest BCUT2D eigenvalue weighted by atomic mass is 16.5. The van der Waals surface area contributed by atoms with Gasteiger partial charge >= 0.3 is 5.97 Å². The Morgan fingerprint density at radius 1 is 1.56 bits per heavy atom. The number of carbonyl (C=O) groups is 1. The predicted octanol–water partition coefficient (Wildman–Crippen LogP) is 1.81. The summed E-state index contributed by atoms with van der Waals surface area (Å²) in [6.45, 7) is 3.68. The summed E-state index contributed by atoms with van der Waals surface area (Å²) >= 11 is 0. The van der Waals surface area contributed by atoms with Crippen molar-refractivity contribution in [1.29, 1.82) is 0 Å². The van der Waals surface area contributed by atoms with Crippen molar-refractivity contribution >= 4 is 5.97 Å². The van der Waals surface area contributed by atoms with E-state index < -0.39 is 5.97 Å². The Morgan fingerprint density at radius 2 is 2.38 bits per heavy atom. The highest BCUT2D eigenvalue weighted by Crippen LogP contribution is 2.20. The van der Waals surface area contributed by atoms with Crippen molar-refractivity contribution in [1.82, 2.24) is 10.1 Å². The van der Waals surface area contributed by atoms with E-state index >= 15 is 0 Å². The number of ether oxygens (including phenoxy) is 1. The second kappa shape index (κ2) is 4.18. The van der Waals surface area contributed by atoms with Gasteiger partial charge in [-0.2, -0.15) is 0 Å². The molecule has 2 aromatic rings. The van der Waals surface area contributed by atoms with Crippen LogP contribution in [0.15, 0.2) is 21.3 Å². The van der Waals surface area contributed by atoms with Crippen molar-refractivity contribution in [3.05, 3.63) is 23.8 Å². The van der Waals surface area contributed by atoms with Gasteiger partial charge in [0.15, 0.2) is 5.69 Å². The quantitative estimate of drug-likeness (QED) is 0.737. The average molecular weight is 222 g/mol. The van der Waals surface area contributed by atoms with Crippen LogP contribution in [-0.4, -0.2) is 22.7 Å². The first-order chi connectivity index (χ1) is 7.72. The minimum absolute atomic E-state index is 0.0971. The molecule has 2 rings (SSSR count). The number of carbonyl (C=O) groups excluding carboxylic acids is 1. The number of oxazole rings is 1. The van der Waals surface area contributed by atoms with Crippen LogP contribution in [0.4, 0.5) is 0 Å². The molecule has 6 heteroatoms. The zero-order valence-electron chi connectivity index (χ0n) is 8.89. The van der Waals surface area contributed by atoms with Crippen molar-refractivity contribution in [2.75, 3.05) is 6.61 Å². The number of esters is 1. The van der Waals surface area contributed by atoms with Crippen LogP contribution in [0.25, 0.3) is 11.6 Å². The predicted molar refractivity (Wildman–Crippen MR) is 52.7 cm³/mol. The number of aryl methyl sites for hydroxylation is 1. The fourth-order valence-electron chi connectivity index (χ4n) is 1.21. The molecule has 0 aromatic carbocycles. The third-order valence-corrected chi connectivity index (χ3v) is 1.91. The molecule has 0 aliphatic carbocycles. The molecule has 0 saturated carbocycles. The molecule has 0 N–H and O–H groups in total. The molecule has 0 fully saturated rings. The van der Waals surface area contributed by atoms with Gasteiger partial charge in [-0.05, 0) is 13.8 Å². The fourth-order valence-corrected chi connectivity index (χ4v) is 1.21. The number of hydrogen-bond acceptors (Lipinski definition) is 6. The lowest BCUT2D eigenvalue weighted by atomic mass is 10.4. The van der Waals surface area contributed by atoms with Crippen LogP contribution in [0.3, 0.4) is 0 Å². The lowest BCUT2D eigenvalue weighted by Crippen LogP contribution is -2.04. The molecule has 0 spiro atoms. The van der Waals surface area contributed by atoms with Crippen LogP contribution in [0, 0.1) is 6.92 Å². The smallest absolute Gasteiger partial charge is 0.376 e. The van der Waals surface area contributed by atoms with Crippen LogP contribution >= 0.6 is 0 Å². The van der Waals surface area contributed by atoms with E-state index in [2.05, 4.69) is 14.7 Å². The summed E-state index contributed by atoms with van der Waals surface area (Å²) in [4.78, 5) is 15.5. The van der Waals surface area contributed by atoms with Crippen molar-refractivity contribution in [2.24, 2.45) is 0 Å². The Balaban J connectivity index is 2.32. The molecular weight excluding hydrogens is 212 g/mol. The maximum absolute atomic E-state index is 11.4. The van der Waals surface area contributed by atoms with Crippen LogP contribution in [0.5, 0.6) is 0 Å². The van der Waals surface area contributed by atoms with Gasteiger partial charge < -0.3 is 13.7 Å². The summed E-state index contributed by atoms with van der Waals surface area (Å²) in [5, 5.41) is 3.66. The Morgan fingerprint density at radius 3 is 3.00 bits per heavy atom. The Bertz CT molecular complexity index is 487. The highest BCUT2D eigenvalue weighted by Gasteiger charge is 2.20. The second-order valence-electron chi connectivity index (χ2n) is 3.04. The molecular formula is C10H10N2O4. The van der Waals surface area contributed by atoms with E-state index in [1.54, 1.807) is 19.9 Å². The first-order valence-corrected chi connectivity index (χ1v) is 4.77. The zero-order chi connectivity index (χ0) is 11.5. The summed E-state index contributed by atoms with van der Waals surface area (Å²) in [6.07, 6.45) is 1.40. The number of nitrogens with zero attached hydrogens (tertiary/aromatic N) is 2. The molecule has 0 saturated heterocycles. The highest BCUT2D eigenvalue weighted by molar-refractivity contribution is 5.87. The molecule has 0 bridgehead atoms. The van der Waals surface area contributed by atoms with E-state index in [4.69, 9.17) is 9.15 Å². The van der Waals surface area contributed by atoms with Gasteiger partial charge in [0.25, 0.3) is 0 Å². The van der Waals surface area contributed by atoms with E-state index in [0.29, 0.717) is 11.4 Å². The molecule has 6 nitrogen and oxygen atoms in total. The first kappa shape index (κ1) is 10.4. The molecule has 0 atom stereocenters. The van der Waals surface area contributed by atoms with Crippen molar-refractivity contribution in [3.8, 4) is 11.6 Å². The Hall–Kier alpha value is -2.11. The molecule has 2 aromatic heterocycles. The topological polar surface area (TPSA) is 78.4 Å². The third-order valence-electron chi connectivity index (χ3n) is 1.91. The summed E-state index contributed by atoms with van der Waals surface area (Å²) in [5.74, 6) is -0.184. The molecule has 0 aliphatic heterocycles. The summed E-state index contributed by atoms with van der Waals surface area (Å²) in [5.41, 5.74) is 0.912. The van der Waals surface area contributed by atoms with Gasteiger partial charge in [-0.25, -0.2) is 9.78 Å².